The highest BCUT2D eigenvalue weighted by molar-refractivity contribution is 5.53. The van der Waals surface area contributed by atoms with E-state index in [2.05, 4.69) is 5.32 Å². The van der Waals surface area contributed by atoms with Crippen LogP contribution < -0.4 is 16.6 Å². The van der Waals surface area contributed by atoms with E-state index in [-0.39, 0.29) is 0 Å². The lowest BCUT2D eigenvalue weighted by Gasteiger charge is -2.40. The van der Waals surface area contributed by atoms with Crippen molar-refractivity contribution in [2.45, 2.75) is 49.0 Å². The molecule has 0 radical (unpaired) electrons. The van der Waals surface area contributed by atoms with Crippen LogP contribution in [-0.4, -0.2) is 119 Å². The maximum absolute atomic E-state index is 11.5. The number of rotatable bonds is 10. The lowest BCUT2D eigenvalue weighted by atomic mass is 9.99. The Morgan fingerprint density at radius 1 is 1.09 bits per heavy atom. The van der Waals surface area contributed by atoms with Gasteiger partial charge < -0.3 is 50.5 Å². The van der Waals surface area contributed by atoms with E-state index < -0.39 is 96.5 Å². The molecule has 0 bridgehead atoms. The van der Waals surface area contributed by atoms with Crippen molar-refractivity contribution < 1.29 is 50.1 Å². The molecular weight excluding hydrogens is 444 g/mol. The minimum Gasteiger partial charge on any atom is -0.394 e. The molecule has 1 aromatic heterocycles. The molecule has 0 aromatic carbocycles. The summed E-state index contributed by atoms with van der Waals surface area (Å²) >= 11 is 0. The molecule has 17 nitrogen and oxygen atoms in total. The number of nitrogens with zero attached hydrogens (tertiary/aromatic N) is 1. The lowest BCUT2D eigenvalue weighted by molar-refractivity contribution is -0.385. The number of ether oxygens (including phenoxy) is 2. The highest BCUT2D eigenvalue weighted by atomic mass is 16.7. The molecule has 1 saturated heterocycles. The summed E-state index contributed by atoms with van der Waals surface area (Å²) in [6.45, 7) is -2.11. The number of aromatic amines is 2. The predicted octanol–water partition coefficient (Wildman–Crippen LogP) is -5.72. The lowest BCUT2D eigenvalue weighted by Crippen LogP contribution is -2.59. The van der Waals surface area contributed by atoms with Gasteiger partial charge >= 0.3 is 16.9 Å². The van der Waals surface area contributed by atoms with E-state index >= 15 is 0 Å². The van der Waals surface area contributed by atoms with Crippen LogP contribution in [0.25, 0.3) is 0 Å². The number of aliphatic hydroxyl groups is 7. The smallest absolute Gasteiger partial charge is 0.373 e. The van der Waals surface area contributed by atoms with Crippen LogP contribution >= 0.6 is 0 Å². The molecule has 182 valence electrons. The van der Waals surface area contributed by atoms with Crippen molar-refractivity contribution >= 4 is 11.5 Å². The molecule has 0 spiro atoms. The van der Waals surface area contributed by atoms with Crippen LogP contribution in [0.15, 0.2) is 9.59 Å². The Morgan fingerprint density at radius 3 is 2.34 bits per heavy atom. The van der Waals surface area contributed by atoms with Crippen LogP contribution in [0.5, 0.6) is 0 Å². The average molecular weight is 468 g/mol. The van der Waals surface area contributed by atoms with Crippen LogP contribution in [0.2, 0.25) is 0 Å². The van der Waals surface area contributed by atoms with Crippen molar-refractivity contribution in [1.82, 2.24) is 9.97 Å². The van der Waals surface area contributed by atoms with Crippen molar-refractivity contribution in [3.8, 4) is 0 Å². The topological polar surface area (TPSA) is 281 Å². The third-order valence-electron chi connectivity index (χ3n) is 4.66. The first kappa shape index (κ1) is 25.8. The Labute approximate surface area is 177 Å². The summed E-state index contributed by atoms with van der Waals surface area (Å²) in [7, 11) is 0. The van der Waals surface area contributed by atoms with E-state index in [4.69, 9.17) is 14.6 Å². The molecule has 0 amide bonds. The van der Waals surface area contributed by atoms with E-state index in [1.165, 1.54) is 0 Å². The first-order chi connectivity index (χ1) is 15.0. The number of nitro groups is 1. The summed E-state index contributed by atoms with van der Waals surface area (Å²) in [6, 6.07) is 0. The molecule has 1 aromatic rings. The SMILES string of the molecule is O=c1[nH]c(NC[C@@H](O)[C@H](O)[C@H](O)CO[C@H]2O[C@H](CO)[C@H](O)[C@H](O)[C@H]2O)c([N+](=O)[O-])c(=O)[nH]1. The summed E-state index contributed by atoms with van der Waals surface area (Å²) in [5.41, 5.74) is -3.41. The molecule has 0 saturated carbocycles. The van der Waals surface area contributed by atoms with Gasteiger partial charge in [-0.2, -0.15) is 0 Å². The molecule has 1 aliphatic rings. The summed E-state index contributed by atoms with van der Waals surface area (Å²) < 4.78 is 10.1. The molecule has 8 atom stereocenters. The minimum absolute atomic E-state index is 0.637. The van der Waals surface area contributed by atoms with Crippen molar-refractivity contribution in [3.63, 3.8) is 0 Å². The number of nitrogens with one attached hydrogen (secondary N) is 3. The normalized spacial score (nSPS) is 28.7. The van der Waals surface area contributed by atoms with Crippen molar-refractivity contribution in [2.75, 3.05) is 25.1 Å². The van der Waals surface area contributed by atoms with Gasteiger partial charge in [-0.25, -0.2) is 4.79 Å². The van der Waals surface area contributed by atoms with E-state index in [1.807, 2.05) is 4.98 Å². The molecule has 32 heavy (non-hydrogen) atoms. The third kappa shape index (κ3) is 5.85. The third-order valence-corrected chi connectivity index (χ3v) is 4.66. The van der Waals surface area contributed by atoms with Gasteiger partial charge in [0.05, 0.1) is 24.2 Å². The Balaban J connectivity index is 1.94. The van der Waals surface area contributed by atoms with Crippen LogP contribution in [-0.2, 0) is 9.47 Å². The number of aliphatic hydroxyl groups excluding tert-OH is 7. The zero-order chi connectivity index (χ0) is 24.2. The number of hydrogen-bond donors (Lipinski definition) is 10. The van der Waals surface area contributed by atoms with E-state index in [1.54, 1.807) is 4.98 Å². The highest BCUT2D eigenvalue weighted by Crippen LogP contribution is 2.22. The Morgan fingerprint density at radius 2 is 1.75 bits per heavy atom. The summed E-state index contributed by atoms with van der Waals surface area (Å²) in [6.07, 6.45) is -13.5. The van der Waals surface area contributed by atoms with Gasteiger partial charge in [0.15, 0.2) is 12.1 Å². The Bertz CT molecular complexity index is 889. The molecule has 2 heterocycles. The number of anilines is 1. The monoisotopic (exact) mass is 468 g/mol. The fraction of sp³-hybridized carbons (Fsp3) is 0.733. The van der Waals surface area contributed by atoms with Crippen LogP contribution in [0.4, 0.5) is 11.5 Å². The van der Waals surface area contributed by atoms with Gasteiger partial charge in [-0.3, -0.25) is 24.9 Å². The van der Waals surface area contributed by atoms with Gasteiger partial charge in [0.2, 0.25) is 0 Å². The first-order valence-electron chi connectivity index (χ1n) is 9.19. The fourth-order valence-electron chi connectivity index (χ4n) is 2.86. The zero-order valence-electron chi connectivity index (χ0n) is 16.3. The molecule has 1 fully saturated rings. The van der Waals surface area contributed by atoms with E-state index in [9.17, 15) is 50.3 Å². The Hall–Kier alpha value is -2.48. The van der Waals surface area contributed by atoms with Crippen molar-refractivity contribution in [3.05, 3.63) is 31.0 Å². The number of H-pyrrole nitrogens is 2. The van der Waals surface area contributed by atoms with E-state index in [0.717, 1.165) is 0 Å². The van der Waals surface area contributed by atoms with Crippen LogP contribution in [0.1, 0.15) is 0 Å². The molecule has 1 aliphatic heterocycles. The number of hydrogen-bond acceptors (Lipinski definition) is 14. The molecule has 0 aliphatic carbocycles. The molecule has 0 unspecified atom stereocenters. The van der Waals surface area contributed by atoms with Gasteiger partial charge in [-0.05, 0) is 0 Å². The zero-order valence-corrected chi connectivity index (χ0v) is 16.3. The molecular formula is C15H24N4O13. The molecule has 2 rings (SSSR count). The number of aromatic nitrogens is 2. The maximum Gasteiger partial charge on any atom is 0.373 e. The van der Waals surface area contributed by atoms with Gasteiger partial charge in [0.1, 0.15) is 36.6 Å². The summed E-state index contributed by atoms with van der Waals surface area (Å²) in [4.78, 5) is 36.3. The first-order valence-corrected chi connectivity index (χ1v) is 9.19. The maximum atomic E-state index is 11.5. The highest BCUT2D eigenvalue weighted by Gasteiger charge is 2.44. The molecule has 17 heteroatoms. The van der Waals surface area contributed by atoms with Crippen molar-refractivity contribution in [1.29, 1.82) is 0 Å². The molecule has 10 N–H and O–H groups in total. The van der Waals surface area contributed by atoms with Gasteiger partial charge in [0, 0.05) is 6.54 Å². The van der Waals surface area contributed by atoms with Crippen LogP contribution in [0.3, 0.4) is 0 Å². The van der Waals surface area contributed by atoms with Crippen LogP contribution in [0, 0.1) is 10.1 Å². The predicted molar refractivity (Wildman–Crippen MR) is 101 cm³/mol. The fourth-order valence-corrected chi connectivity index (χ4v) is 2.86. The van der Waals surface area contributed by atoms with Gasteiger partial charge in [0.25, 0.3) is 0 Å². The summed E-state index contributed by atoms with van der Waals surface area (Å²) in [5.74, 6) is -0.637. The summed E-state index contributed by atoms with van der Waals surface area (Å²) in [5, 5.41) is 81.5. The minimum atomic E-state index is -1.92. The largest absolute Gasteiger partial charge is 0.394 e. The quantitative estimate of drug-likeness (QED) is 0.113. The average Bonchev–Trinajstić information content (AvgIpc) is 2.73. The van der Waals surface area contributed by atoms with Gasteiger partial charge in [-0.15, -0.1) is 0 Å². The second-order valence-corrected chi connectivity index (χ2v) is 6.93. The Kier molecular flexibility index (Phi) is 8.78. The second-order valence-electron chi connectivity index (χ2n) is 6.93. The van der Waals surface area contributed by atoms with Gasteiger partial charge in [-0.1, -0.05) is 0 Å². The van der Waals surface area contributed by atoms with E-state index in [0.29, 0.717) is 0 Å². The standard InChI is InChI=1S/C15H24N4O13/c20-2-6-9(24)10(25)11(26)14(32-6)31-3-5(22)8(23)4(21)1-16-12-7(19(29)30)13(27)18-15(28)17-12/h4-6,8-11,14,20-26H,1-3H2,(H3,16,17,18,27,28)/t4-,5-,6-,8+,9+,10+,11-,14+/m1/s1. The van der Waals surface area contributed by atoms with Crippen molar-refractivity contribution in [2.24, 2.45) is 0 Å². The second kappa shape index (κ2) is 10.9.